The third-order valence-corrected chi connectivity index (χ3v) is 3.02. The molecule has 0 radical (unpaired) electrons. The Balaban J connectivity index is 2.33. The Morgan fingerprint density at radius 2 is 2.18 bits per heavy atom. The number of nitrogens with one attached hydrogen (secondary N) is 1. The Labute approximate surface area is 104 Å². The third-order valence-electron chi connectivity index (χ3n) is 2.73. The van der Waals surface area contributed by atoms with Gasteiger partial charge in [-0.25, -0.2) is 4.39 Å². The maximum Gasteiger partial charge on any atom is 0.221 e. The summed E-state index contributed by atoms with van der Waals surface area (Å²) in [5.74, 6) is -0.561. The number of nitrogen functional groups attached to an aromatic ring is 1. The quantitative estimate of drug-likeness (QED) is 0.748. The standard InChI is InChI=1S/C11H13ClFN3O/c12-7-1-2-8(14)11(10(7)13)16-5-3-9(17)15-4-6-16/h1-2H,3-6,14H2,(H,15,17). The molecule has 0 aromatic heterocycles. The molecule has 0 bridgehead atoms. The lowest BCUT2D eigenvalue weighted by Crippen LogP contribution is -2.29. The molecule has 1 aliphatic heterocycles. The van der Waals surface area contributed by atoms with E-state index in [4.69, 9.17) is 17.3 Å². The van der Waals surface area contributed by atoms with Crippen LogP contribution in [-0.4, -0.2) is 25.5 Å². The topological polar surface area (TPSA) is 58.4 Å². The van der Waals surface area contributed by atoms with Crippen LogP contribution in [0.15, 0.2) is 12.1 Å². The minimum absolute atomic E-state index is 0.0338. The molecule has 1 aromatic rings. The fourth-order valence-electron chi connectivity index (χ4n) is 1.87. The first-order valence-electron chi connectivity index (χ1n) is 5.34. The number of carbonyl (C=O) groups is 1. The molecule has 0 aliphatic carbocycles. The summed E-state index contributed by atoms with van der Waals surface area (Å²) < 4.78 is 13.9. The second-order valence-corrected chi connectivity index (χ2v) is 4.29. The fraction of sp³-hybridized carbons (Fsp3) is 0.364. The summed E-state index contributed by atoms with van der Waals surface area (Å²) in [6, 6.07) is 3.00. The second-order valence-electron chi connectivity index (χ2n) is 3.89. The van der Waals surface area contributed by atoms with Crippen molar-refractivity contribution in [2.24, 2.45) is 0 Å². The van der Waals surface area contributed by atoms with Gasteiger partial charge in [0.05, 0.1) is 16.4 Å². The highest BCUT2D eigenvalue weighted by Gasteiger charge is 2.20. The van der Waals surface area contributed by atoms with Crippen LogP contribution in [0.25, 0.3) is 0 Å². The van der Waals surface area contributed by atoms with E-state index in [1.807, 2.05) is 0 Å². The zero-order valence-electron chi connectivity index (χ0n) is 9.17. The molecule has 1 amide bonds. The summed E-state index contributed by atoms with van der Waals surface area (Å²) in [5, 5.41) is 2.76. The van der Waals surface area contributed by atoms with Crippen LogP contribution < -0.4 is 16.0 Å². The molecule has 6 heteroatoms. The van der Waals surface area contributed by atoms with Crippen LogP contribution >= 0.6 is 11.6 Å². The summed E-state index contributed by atoms with van der Waals surface area (Å²) in [6.07, 6.45) is 0.325. The van der Waals surface area contributed by atoms with Crippen LogP contribution in [-0.2, 0) is 4.79 Å². The zero-order valence-corrected chi connectivity index (χ0v) is 9.93. The number of anilines is 2. The van der Waals surface area contributed by atoms with Crippen molar-refractivity contribution in [1.29, 1.82) is 0 Å². The van der Waals surface area contributed by atoms with Crippen LogP contribution in [0.5, 0.6) is 0 Å². The zero-order chi connectivity index (χ0) is 12.4. The summed E-state index contributed by atoms with van der Waals surface area (Å²) in [7, 11) is 0. The summed E-state index contributed by atoms with van der Waals surface area (Å²) >= 11 is 5.73. The van der Waals surface area contributed by atoms with E-state index < -0.39 is 5.82 Å². The summed E-state index contributed by atoms with van der Waals surface area (Å²) in [4.78, 5) is 13.0. The molecule has 92 valence electrons. The molecule has 1 fully saturated rings. The van der Waals surface area contributed by atoms with Crippen LogP contribution in [0.3, 0.4) is 0 Å². The molecule has 1 aromatic carbocycles. The molecule has 0 unspecified atom stereocenters. The number of benzene rings is 1. The Morgan fingerprint density at radius 3 is 2.94 bits per heavy atom. The minimum atomic E-state index is -0.527. The van der Waals surface area contributed by atoms with Gasteiger partial charge < -0.3 is 16.0 Å². The highest BCUT2D eigenvalue weighted by molar-refractivity contribution is 6.31. The Hall–Kier alpha value is -1.49. The number of nitrogens with zero attached hydrogens (tertiary/aromatic N) is 1. The van der Waals surface area contributed by atoms with Crippen molar-refractivity contribution in [3.63, 3.8) is 0 Å². The Morgan fingerprint density at radius 1 is 1.41 bits per heavy atom. The second kappa shape index (κ2) is 4.79. The molecule has 1 saturated heterocycles. The molecule has 17 heavy (non-hydrogen) atoms. The lowest BCUT2D eigenvalue weighted by atomic mass is 10.2. The van der Waals surface area contributed by atoms with E-state index in [0.29, 0.717) is 31.7 Å². The van der Waals surface area contributed by atoms with E-state index in [-0.39, 0.29) is 16.6 Å². The average molecular weight is 258 g/mol. The molecule has 0 atom stereocenters. The lowest BCUT2D eigenvalue weighted by Gasteiger charge is -2.24. The molecule has 3 N–H and O–H groups in total. The maximum absolute atomic E-state index is 13.9. The number of rotatable bonds is 1. The van der Waals surface area contributed by atoms with Gasteiger partial charge in [-0.3, -0.25) is 4.79 Å². The molecular weight excluding hydrogens is 245 g/mol. The van der Waals surface area contributed by atoms with Crippen molar-refractivity contribution in [2.75, 3.05) is 30.3 Å². The predicted octanol–water partition coefficient (Wildman–Crippen LogP) is 1.39. The number of carbonyl (C=O) groups excluding carboxylic acids is 1. The number of halogens is 2. The number of hydrogen-bond acceptors (Lipinski definition) is 3. The van der Waals surface area contributed by atoms with Crippen LogP contribution in [0.1, 0.15) is 6.42 Å². The lowest BCUT2D eigenvalue weighted by molar-refractivity contribution is -0.120. The van der Waals surface area contributed by atoms with Gasteiger partial charge in [0, 0.05) is 26.1 Å². The van der Waals surface area contributed by atoms with E-state index in [0.717, 1.165) is 0 Å². The molecule has 4 nitrogen and oxygen atoms in total. The van der Waals surface area contributed by atoms with E-state index in [9.17, 15) is 9.18 Å². The van der Waals surface area contributed by atoms with Crippen LogP contribution in [0, 0.1) is 5.82 Å². The maximum atomic E-state index is 13.9. The molecule has 1 aliphatic rings. The smallest absolute Gasteiger partial charge is 0.221 e. The van der Waals surface area contributed by atoms with Crippen molar-refractivity contribution in [3.05, 3.63) is 23.0 Å². The Bertz CT molecular complexity index is 453. The van der Waals surface area contributed by atoms with Gasteiger partial charge in [-0.05, 0) is 12.1 Å². The monoisotopic (exact) mass is 257 g/mol. The summed E-state index contributed by atoms with van der Waals surface area (Å²) in [6.45, 7) is 1.44. The van der Waals surface area contributed by atoms with Gasteiger partial charge in [-0.1, -0.05) is 11.6 Å². The fourth-order valence-corrected chi connectivity index (χ4v) is 2.02. The molecule has 2 rings (SSSR count). The van der Waals surface area contributed by atoms with Crippen LogP contribution in [0.4, 0.5) is 15.8 Å². The summed E-state index contributed by atoms with van der Waals surface area (Å²) in [5.41, 5.74) is 6.38. The van der Waals surface area contributed by atoms with Crippen molar-refractivity contribution in [2.45, 2.75) is 6.42 Å². The highest BCUT2D eigenvalue weighted by atomic mass is 35.5. The Kier molecular flexibility index (Phi) is 3.38. The normalized spacial score (nSPS) is 16.6. The highest BCUT2D eigenvalue weighted by Crippen LogP contribution is 2.32. The van der Waals surface area contributed by atoms with E-state index >= 15 is 0 Å². The SMILES string of the molecule is Nc1ccc(Cl)c(F)c1N1CCNC(=O)CC1. The third kappa shape index (κ3) is 2.44. The van der Waals surface area contributed by atoms with Gasteiger partial charge in [0.2, 0.25) is 5.91 Å². The van der Waals surface area contributed by atoms with Gasteiger partial charge in [0.1, 0.15) is 0 Å². The van der Waals surface area contributed by atoms with Gasteiger partial charge >= 0.3 is 0 Å². The predicted molar refractivity (Wildman–Crippen MR) is 65.7 cm³/mol. The first kappa shape index (κ1) is 12.0. The number of hydrogen-bond donors (Lipinski definition) is 2. The van der Waals surface area contributed by atoms with Crippen molar-refractivity contribution < 1.29 is 9.18 Å². The average Bonchev–Trinajstić information content (AvgIpc) is 2.50. The first-order valence-corrected chi connectivity index (χ1v) is 5.72. The first-order chi connectivity index (χ1) is 8.09. The van der Waals surface area contributed by atoms with Gasteiger partial charge in [-0.15, -0.1) is 0 Å². The number of nitrogens with two attached hydrogens (primary N) is 1. The largest absolute Gasteiger partial charge is 0.397 e. The van der Waals surface area contributed by atoms with E-state index in [1.165, 1.54) is 6.07 Å². The minimum Gasteiger partial charge on any atom is -0.397 e. The van der Waals surface area contributed by atoms with Crippen molar-refractivity contribution in [3.8, 4) is 0 Å². The van der Waals surface area contributed by atoms with Gasteiger partial charge in [0.25, 0.3) is 0 Å². The van der Waals surface area contributed by atoms with Crippen LogP contribution in [0.2, 0.25) is 5.02 Å². The molecule has 0 saturated carbocycles. The molecule has 0 spiro atoms. The number of amides is 1. The molecular formula is C11H13ClFN3O. The van der Waals surface area contributed by atoms with Gasteiger partial charge in [0.15, 0.2) is 5.82 Å². The van der Waals surface area contributed by atoms with E-state index in [2.05, 4.69) is 5.32 Å². The molecule has 1 heterocycles. The van der Waals surface area contributed by atoms with E-state index in [1.54, 1.807) is 11.0 Å². The van der Waals surface area contributed by atoms with Gasteiger partial charge in [-0.2, -0.15) is 0 Å². The van der Waals surface area contributed by atoms with Crippen molar-refractivity contribution in [1.82, 2.24) is 5.32 Å². The van der Waals surface area contributed by atoms with Crippen molar-refractivity contribution >= 4 is 28.9 Å².